The first-order valence-electron chi connectivity index (χ1n) is 13.7. The molecule has 0 amide bonds. The van der Waals surface area contributed by atoms with Gasteiger partial charge in [-0.15, -0.1) is 0 Å². The fourth-order valence-electron chi connectivity index (χ4n) is 3.68. The van der Waals surface area contributed by atoms with E-state index in [0.29, 0.717) is 24.0 Å². The molecule has 6 heteroatoms. The van der Waals surface area contributed by atoms with E-state index in [1.165, 1.54) is 11.1 Å². The third kappa shape index (κ3) is 12.2. The topological polar surface area (TPSA) is 100 Å². The Morgan fingerprint density at radius 3 is 1.32 bits per heavy atom. The largest absolute Gasteiger partial charge is 0.451 e. The third-order valence-corrected chi connectivity index (χ3v) is 6.06. The summed E-state index contributed by atoms with van der Waals surface area (Å²) in [5, 5.41) is 17.6. The summed E-state index contributed by atoms with van der Waals surface area (Å²) in [6, 6.07) is 34.0. The Kier molecular flexibility index (Phi) is 13.0. The number of hydrogen-bond donors (Lipinski definition) is 0. The highest BCUT2D eigenvalue weighted by Crippen LogP contribution is 2.07. The summed E-state index contributed by atoms with van der Waals surface area (Å²) in [5.74, 6) is 9.42. The van der Waals surface area contributed by atoms with Gasteiger partial charge in [0.1, 0.15) is 13.2 Å². The maximum atomic E-state index is 11.6. The summed E-state index contributed by atoms with van der Waals surface area (Å²) >= 11 is 0. The molecule has 216 valence electrons. The molecule has 44 heavy (non-hydrogen) atoms. The van der Waals surface area contributed by atoms with Gasteiger partial charge < -0.3 is 9.47 Å². The molecule has 4 aromatic rings. The second kappa shape index (κ2) is 17.7. The Balaban J connectivity index is 0.000000240. The molecular formula is C38H30N2O4. The van der Waals surface area contributed by atoms with Crippen LogP contribution in [0.15, 0.2) is 97.1 Å². The summed E-state index contributed by atoms with van der Waals surface area (Å²) in [5.41, 5.74) is 7.13. The van der Waals surface area contributed by atoms with Crippen molar-refractivity contribution in [2.45, 2.75) is 39.9 Å². The van der Waals surface area contributed by atoms with Gasteiger partial charge in [0.25, 0.3) is 0 Å². The highest BCUT2D eigenvalue weighted by molar-refractivity contribution is 5.88. The fourth-order valence-corrected chi connectivity index (χ4v) is 3.68. The highest BCUT2D eigenvalue weighted by Gasteiger charge is 2.01. The van der Waals surface area contributed by atoms with Crippen molar-refractivity contribution in [1.29, 1.82) is 10.5 Å². The molecule has 0 heterocycles. The molecule has 0 unspecified atom stereocenters. The van der Waals surface area contributed by atoms with Gasteiger partial charge in [-0.1, -0.05) is 95.8 Å². The van der Waals surface area contributed by atoms with Crippen molar-refractivity contribution in [2.24, 2.45) is 0 Å². The van der Waals surface area contributed by atoms with Gasteiger partial charge in [-0.25, -0.2) is 9.59 Å². The van der Waals surface area contributed by atoms with Crippen LogP contribution in [0, 0.1) is 60.2 Å². The van der Waals surface area contributed by atoms with Crippen LogP contribution < -0.4 is 0 Å². The predicted octanol–water partition coefficient (Wildman–Crippen LogP) is 6.31. The Labute approximate surface area is 258 Å². The van der Waals surface area contributed by atoms with Crippen LogP contribution in [0.1, 0.15) is 44.5 Å². The van der Waals surface area contributed by atoms with E-state index in [2.05, 4.69) is 23.7 Å². The molecule has 0 atom stereocenters. The second-order valence-electron chi connectivity index (χ2n) is 9.70. The Morgan fingerprint density at radius 1 is 0.568 bits per heavy atom. The van der Waals surface area contributed by atoms with Crippen molar-refractivity contribution in [3.8, 4) is 35.8 Å². The van der Waals surface area contributed by atoms with Crippen molar-refractivity contribution in [3.05, 3.63) is 142 Å². The zero-order chi connectivity index (χ0) is 31.6. The van der Waals surface area contributed by atoms with Crippen LogP contribution in [0.5, 0.6) is 0 Å². The number of nitriles is 2. The minimum atomic E-state index is -0.561. The molecule has 0 N–H and O–H groups in total. The third-order valence-electron chi connectivity index (χ3n) is 6.06. The second-order valence-corrected chi connectivity index (χ2v) is 9.70. The molecule has 0 saturated heterocycles. The number of hydrogen-bond acceptors (Lipinski definition) is 6. The number of carbonyl (C=O) groups is 2. The molecule has 0 aliphatic carbocycles. The van der Waals surface area contributed by atoms with Gasteiger partial charge in [0.15, 0.2) is 0 Å². The monoisotopic (exact) mass is 578 g/mol. The number of esters is 2. The van der Waals surface area contributed by atoms with Gasteiger partial charge in [-0.2, -0.15) is 10.5 Å². The number of aryl methyl sites for hydroxylation is 2. The van der Waals surface area contributed by atoms with Gasteiger partial charge in [-0.3, -0.25) is 0 Å². The van der Waals surface area contributed by atoms with E-state index in [0.717, 1.165) is 22.3 Å². The zero-order valence-electron chi connectivity index (χ0n) is 24.6. The molecule has 4 aromatic carbocycles. The first-order chi connectivity index (χ1) is 21.3. The maximum Gasteiger partial charge on any atom is 0.384 e. The van der Waals surface area contributed by atoms with E-state index in [1.807, 2.05) is 74.5 Å². The molecule has 0 bridgehead atoms. The summed E-state index contributed by atoms with van der Waals surface area (Å²) < 4.78 is 10.1. The molecule has 0 fully saturated rings. The SMILES string of the molecule is Cc1ccc(CC#CC(=O)OCc2cccc(C#N)c2)cc1.Cc1ccc(CC#CC(=O)OCc2cccc(C#N)c2)cc1. The quantitative estimate of drug-likeness (QED) is 0.151. The number of benzene rings is 4. The van der Waals surface area contributed by atoms with E-state index < -0.39 is 11.9 Å². The highest BCUT2D eigenvalue weighted by atomic mass is 16.5. The standard InChI is InChI=1S/2C19H15NO2/c2*1-15-8-10-16(11-9-15)4-3-7-19(21)22-14-18-6-2-5-17(12-18)13-20/h2*2,5-6,8-12H,4,14H2,1H3. The van der Waals surface area contributed by atoms with Crippen LogP contribution >= 0.6 is 0 Å². The number of rotatable bonds is 6. The van der Waals surface area contributed by atoms with Crippen molar-refractivity contribution in [3.63, 3.8) is 0 Å². The van der Waals surface area contributed by atoms with Crippen molar-refractivity contribution >= 4 is 11.9 Å². The molecule has 0 aliphatic rings. The molecule has 6 nitrogen and oxygen atoms in total. The van der Waals surface area contributed by atoms with E-state index in [9.17, 15) is 9.59 Å². The van der Waals surface area contributed by atoms with E-state index in [1.54, 1.807) is 48.5 Å². The van der Waals surface area contributed by atoms with Gasteiger partial charge in [0, 0.05) is 24.7 Å². The molecule has 0 saturated carbocycles. The summed E-state index contributed by atoms with van der Waals surface area (Å²) in [4.78, 5) is 23.1. The first kappa shape index (κ1) is 32.4. The minimum Gasteiger partial charge on any atom is -0.451 e. The number of ether oxygens (including phenoxy) is 2. The average Bonchev–Trinajstić information content (AvgIpc) is 3.05. The van der Waals surface area contributed by atoms with Crippen LogP contribution in [0.2, 0.25) is 0 Å². The minimum absolute atomic E-state index is 0.119. The van der Waals surface area contributed by atoms with Gasteiger partial charge in [0.05, 0.1) is 23.3 Å². The lowest BCUT2D eigenvalue weighted by atomic mass is 10.1. The van der Waals surface area contributed by atoms with Crippen LogP contribution in [0.3, 0.4) is 0 Å². The lowest BCUT2D eigenvalue weighted by Gasteiger charge is -2.01. The van der Waals surface area contributed by atoms with Crippen LogP contribution in [-0.2, 0) is 45.1 Å². The summed E-state index contributed by atoms with van der Waals surface area (Å²) in [6.07, 6.45) is 1.03. The van der Waals surface area contributed by atoms with E-state index in [4.69, 9.17) is 20.0 Å². The molecular weight excluding hydrogens is 548 g/mol. The maximum absolute atomic E-state index is 11.6. The summed E-state index contributed by atoms with van der Waals surface area (Å²) in [7, 11) is 0. The Morgan fingerprint density at radius 2 is 0.955 bits per heavy atom. The first-order valence-corrected chi connectivity index (χ1v) is 13.7. The van der Waals surface area contributed by atoms with E-state index in [-0.39, 0.29) is 13.2 Å². The number of carbonyl (C=O) groups excluding carboxylic acids is 2. The molecule has 4 rings (SSSR count). The fraction of sp³-hybridized carbons (Fsp3) is 0.158. The van der Waals surface area contributed by atoms with E-state index >= 15 is 0 Å². The van der Waals surface area contributed by atoms with Gasteiger partial charge in [-0.05, 0) is 60.4 Å². The van der Waals surface area contributed by atoms with Crippen LogP contribution in [-0.4, -0.2) is 11.9 Å². The zero-order valence-corrected chi connectivity index (χ0v) is 24.6. The van der Waals surface area contributed by atoms with Crippen LogP contribution in [0.25, 0.3) is 0 Å². The van der Waals surface area contributed by atoms with Crippen LogP contribution in [0.4, 0.5) is 0 Å². The lowest BCUT2D eigenvalue weighted by Crippen LogP contribution is -2.01. The van der Waals surface area contributed by atoms with Crippen molar-refractivity contribution in [1.82, 2.24) is 0 Å². The van der Waals surface area contributed by atoms with Gasteiger partial charge >= 0.3 is 11.9 Å². The van der Waals surface area contributed by atoms with Gasteiger partial charge in [0.2, 0.25) is 0 Å². The molecule has 0 spiro atoms. The summed E-state index contributed by atoms with van der Waals surface area (Å²) in [6.45, 7) is 4.28. The number of nitrogens with zero attached hydrogens (tertiary/aromatic N) is 2. The average molecular weight is 579 g/mol. The molecule has 0 aromatic heterocycles. The molecule has 0 aliphatic heterocycles. The smallest absolute Gasteiger partial charge is 0.384 e. The van der Waals surface area contributed by atoms with Crippen molar-refractivity contribution < 1.29 is 19.1 Å². The normalized spacial score (nSPS) is 9.27. The van der Waals surface area contributed by atoms with Crippen molar-refractivity contribution in [2.75, 3.05) is 0 Å². The Bertz CT molecular complexity index is 1650. The molecule has 0 radical (unpaired) electrons. The lowest BCUT2D eigenvalue weighted by molar-refractivity contribution is -0.138. The predicted molar refractivity (Wildman–Crippen MR) is 167 cm³/mol. The Hall–Kier alpha value is -6.08.